The van der Waals surface area contributed by atoms with Crippen molar-refractivity contribution in [3.05, 3.63) is 41.0 Å². The van der Waals surface area contributed by atoms with Crippen LogP contribution in [0.4, 0.5) is 5.69 Å². The number of rotatable bonds is 6. The van der Waals surface area contributed by atoms with Gasteiger partial charge >= 0.3 is 0 Å². The topological polar surface area (TPSA) is 70.6 Å². The van der Waals surface area contributed by atoms with E-state index in [0.29, 0.717) is 5.69 Å². The number of aromatic hydroxyl groups is 2. The van der Waals surface area contributed by atoms with E-state index in [1.807, 2.05) is 26.8 Å². The van der Waals surface area contributed by atoms with Crippen LogP contribution in [0, 0.1) is 13.8 Å². The van der Waals surface area contributed by atoms with Gasteiger partial charge in [0, 0.05) is 17.5 Å². The number of allylic oxidation sites excluding steroid dienone is 2. The van der Waals surface area contributed by atoms with Gasteiger partial charge in [-0.05, 0) is 51.3 Å². The number of hydrogen-bond acceptors (Lipinski definition) is 4. The lowest BCUT2D eigenvalue weighted by molar-refractivity contribution is 0.446. The van der Waals surface area contributed by atoms with E-state index in [-0.39, 0.29) is 11.5 Å². The Balaban J connectivity index is 1.93. The summed E-state index contributed by atoms with van der Waals surface area (Å²) in [5, 5.41) is 20.4. The predicted octanol–water partition coefficient (Wildman–Crippen LogP) is 5.03. The molecule has 2 aromatic rings. The quantitative estimate of drug-likeness (QED) is 0.716. The predicted molar refractivity (Wildman–Crippen MR) is 105 cm³/mol. The van der Waals surface area contributed by atoms with E-state index in [4.69, 9.17) is 0 Å². The molecule has 1 aromatic carbocycles. The Morgan fingerprint density at radius 3 is 2.54 bits per heavy atom. The van der Waals surface area contributed by atoms with E-state index in [1.54, 1.807) is 6.07 Å². The molecule has 0 aliphatic carbocycles. The zero-order valence-corrected chi connectivity index (χ0v) is 16.0. The highest BCUT2D eigenvalue weighted by Crippen LogP contribution is 2.36. The van der Waals surface area contributed by atoms with Crippen LogP contribution in [0.5, 0.6) is 11.5 Å². The van der Waals surface area contributed by atoms with Gasteiger partial charge < -0.3 is 10.2 Å². The molecule has 5 heteroatoms. The summed E-state index contributed by atoms with van der Waals surface area (Å²) in [6.07, 6.45) is 7.29. The number of aliphatic imine (C=N–C) groups is 1. The number of benzene rings is 1. The molecular weight excluding hydrogens is 326 g/mol. The Morgan fingerprint density at radius 1 is 1.04 bits per heavy atom. The van der Waals surface area contributed by atoms with Gasteiger partial charge in [-0.25, -0.2) is 9.98 Å². The minimum atomic E-state index is -0.0168. The maximum atomic E-state index is 10.2. The fraction of sp³-hybridized carbons (Fsp3) is 0.429. The molecule has 2 heterocycles. The van der Waals surface area contributed by atoms with Crippen LogP contribution in [0.2, 0.25) is 0 Å². The Labute approximate surface area is 154 Å². The lowest BCUT2D eigenvalue weighted by atomic mass is 10.0. The van der Waals surface area contributed by atoms with Gasteiger partial charge in [-0.2, -0.15) is 0 Å². The molecule has 0 atom stereocenters. The van der Waals surface area contributed by atoms with Crippen molar-refractivity contribution in [1.82, 2.24) is 9.55 Å². The molecule has 1 aromatic heterocycles. The summed E-state index contributed by atoms with van der Waals surface area (Å²) >= 11 is 0. The first-order valence-corrected chi connectivity index (χ1v) is 9.31. The van der Waals surface area contributed by atoms with Gasteiger partial charge in [-0.3, -0.25) is 4.57 Å². The zero-order chi connectivity index (χ0) is 18.8. The average molecular weight is 353 g/mol. The number of fused-ring (bicyclic) bond motifs is 1. The summed E-state index contributed by atoms with van der Waals surface area (Å²) < 4.78 is 2.08. The summed E-state index contributed by atoms with van der Waals surface area (Å²) in [5.74, 6) is 0.917. The number of unbranched alkanes of at least 4 members (excludes halogenated alkanes) is 3. The molecule has 0 spiro atoms. The molecule has 2 N–H and O–H groups in total. The molecule has 0 saturated heterocycles. The van der Waals surface area contributed by atoms with Crippen LogP contribution in [-0.2, 0) is 6.42 Å². The van der Waals surface area contributed by atoms with Crippen LogP contribution in [0.15, 0.2) is 23.2 Å². The third-order valence-electron chi connectivity index (χ3n) is 4.99. The fourth-order valence-electron chi connectivity index (χ4n) is 3.39. The zero-order valence-electron chi connectivity index (χ0n) is 16.0. The second kappa shape index (κ2) is 7.36. The van der Waals surface area contributed by atoms with Crippen LogP contribution < -0.4 is 0 Å². The Hall–Kier alpha value is -2.56. The van der Waals surface area contributed by atoms with E-state index >= 15 is 0 Å². The Bertz CT molecular complexity index is 891. The van der Waals surface area contributed by atoms with Crippen molar-refractivity contribution < 1.29 is 10.2 Å². The maximum Gasteiger partial charge on any atom is 0.163 e. The van der Waals surface area contributed by atoms with Crippen molar-refractivity contribution >= 4 is 17.1 Å². The van der Waals surface area contributed by atoms with Crippen molar-refractivity contribution in [1.29, 1.82) is 0 Å². The average Bonchev–Trinajstić information content (AvgIpc) is 3.05. The molecular formula is C21H27N3O2. The number of aromatic nitrogens is 2. The van der Waals surface area contributed by atoms with E-state index < -0.39 is 0 Å². The minimum absolute atomic E-state index is 0.0168. The summed E-state index contributed by atoms with van der Waals surface area (Å²) in [7, 11) is 0. The first kappa shape index (κ1) is 18.2. The molecule has 1 aliphatic rings. The van der Waals surface area contributed by atoms with Gasteiger partial charge in [0.05, 0.1) is 5.69 Å². The van der Waals surface area contributed by atoms with Crippen LogP contribution in [0.1, 0.15) is 62.3 Å². The van der Waals surface area contributed by atoms with Crippen molar-refractivity contribution in [3.63, 3.8) is 0 Å². The SMILES string of the molecule is CCCCCCc1cc(N=C2C=C(C)n3c2nc(C)c3C)c(O)cc1O. The van der Waals surface area contributed by atoms with E-state index in [0.717, 1.165) is 53.4 Å². The second-order valence-corrected chi connectivity index (χ2v) is 7.00. The van der Waals surface area contributed by atoms with Gasteiger partial charge in [0.1, 0.15) is 22.9 Å². The highest BCUT2D eigenvalue weighted by atomic mass is 16.3. The third-order valence-corrected chi connectivity index (χ3v) is 4.99. The summed E-state index contributed by atoms with van der Waals surface area (Å²) in [6, 6.07) is 3.18. The minimum Gasteiger partial charge on any atom is -0.508 e. The number of hydrogen-bond donors (Lipinski definition) is 2. The monoisotopic (exact) mass is 353 g/mol. The molecule has 0 bridgehead atoms. The summed E-state index contributed by atoms with van der Waals surface area (Å²) in [5.41, 5.74) is 5.18. The summed E-state index contributed by atoms with van der Waals surface area (Å²) in [4.78, 5) is 9.25. The van der Waals surface area contributed by atoms with Crippen molar-refractivity contribution in [2.24, 2.45) is 4.99 Å². The van der Waals surface area contributed by atoms with E-state index in [9.17, 15) is 10.2 Å². The van der Waals surface area contributed by atoms with E-state index in [2.05, 4.69) is 21.5 Å². The molecule has 0 saturated carbocycles. The largest absolute Gasteiger partial charge is 0.508 e. The molecule has 1 aliphatic heterocycles. The van der Waals surface area contributed by atoms with Crippen molar-refractivity contribution in [2.45, 2.75) is 59.8 Å². The summed E-state index contributed by atoms with van der Waals surface area (Å²) in [6.45, 7) is 8.23. The van der Waals surface area contributed by atoms with Crippen LogP contribution in [0.3, 0.4) is 0 Å². The number of aryl methyl sites for hydroxylation is 2. The van der Waals surface area contributed by atoms with Gasteiger partial charge in [0.15, 0.2) is 5.82 Å². The van der Waals surface area contributed by atoms with Gasteiger partial charge in [0.2, 0.25) is 0 Å². The molecule has 3 rings (SSSR count). The van der Waals surface area contributed by atoms with Crippen LogP contribution in [-0.4, -0.2) is 25.5 Å². The fourth-order valence-corrected chi connectivity index (χ4v) is 3.39. The second-order valence-electron chi connectivity index (χ2n) is 7.00. The van der Waals surface area contributed by atoms with Crippen LogP contribution >= 0.6 is 0 Å². The molecule has 0 unspecified atom stereocenters. The lowest BCUT2D eigenvalue weighted by Crippen LogP contribution is -2.00. The first-order valence-electron chi connectivity index (χ1n) is 9.31. The molecule has 138 valence electrons. The molecule has 0 fully saturated rings. The lowest BCUT2D eigenvalue weighted by Gasteiger charge is -2.08. The van der Waals surface area contributed by atoms with Crippen LogP contribution in [0.25, 0.3) is 5.70 Å². The molecule has 26 heavy (non-hydrogen) atoms. The highest BCUT2D eigenvalue weighted by Gasteiger charge is 2.22. The smallest absolute Gasteiger partial charge is 0.163 e. The highest BCUT2D eigenvalue weighted by molar-refractivity contribution is 6.14. The van der Waals surface area contributed by atoms with Gasteiger partial charge in [-0.15, -0.1) is 0 Å². The molecule has 0 radical (unpaired) electrons. The number of phenolic OH excluding ortho intramolecular Hbond substituents is 2. The van der Waals surface area contributed by atoms with Crippen molar-refractivity contribution in [3.8, 4) is 11.5 Å². The standard InChI is InChI=1S/C21H27N3O2/c1-5-6-7-8-9-16-11-17(20(26)12-19(16)25)23-18-10-13(2)24-15(4)14(3)22-21(18)24/h10-12,25-26H,5-9H2,1-4H3. The van der Waals surface area contributed by atoms with Gasteiger partial charge in [-0.1, -0.05) is 26.2 Å². The maximum absolute atomic E-state index is 10.2. The number of nitrogens with zero attached hydrogens (tertiary/aromatic N) is 3. The Kier molecular flexibility index (Phi) is 5.16. The normalized spacial score (nSPS) is 14.8. The number of imidazole rings is 1. The Morgan fingerprint density at radius 2 is 1.81 bits per heavy atom. The van der Waals surface area contributed by atoms with Crippen molar-refractivity contribution in [2.75, 3.05) is 0 Å². The first-order chi connectivity index (χ1) is 12.4. The molecule has 0 amide bonds. The molecule has 5 nitrogen and oxygen atoms in total. The van der Waals surface area contributed by atoms with E-state index in [1.165, 1.54) is 18.9 Å². The number of phenols is 2. The third kappa shape index (κ3) is 3.39. The van der Waals surface area contributed by atoms with Gasteiger partial charge in [0.25, 0.3) is 0 Å².